The molecule has 166 valence electrons. The molecule has 31 heavy (non-hydrogen) atoms. The molecular formula is C24H29NO4S2. The second-order valence-electron chi connectivity index (χ2n) is 7.79. The number of methoxy groups -OCH3 is 2. The number of hydrogen-bond acceptors (Lipinski definition) is 7. The van der Waals surface area contributed by atoms with Gasteiger partial charge in [0, 0.05) is 12.6 Å². The molecule has 5 nitrogen and oxygen atoms in total. The van der Waals surface area contributed by atoms with E-state index in [-0.39, 0.29) is 6.79 Å². The molecule has 0 saturated carbocycles. The number of hydrogen-bond donors (Lipinski definition) is 2. The van der Waals surface area contributed by atoms with Crippen LogP contribution in [0.15, 0.2) is 24.3 Å². The summed E-state index contributed by atoms with van der Waals surface area (Å²) >= 11 is 6.44. The highest BCUT2D eigenvalue weighted by Gasteiger charge is 2.29. The Balaban J connectivity index is 0.00000112. The fraction of sp³-hybridized carbons (Fsp3) is 0.417. The summed E-state index contributed by atoms with van der Waals surface area (Å²) in [5.74, 6) is 3.16. The summed E-state index contributed by atoms with van der Waals surface area (Å²) in [4.78, 5) is 2.58. The average Bonchev–Trinajstić information content (AvgIpc) is 3.30. The standard InChI is InChI=1S/C24H27NO4.H2S2/c1-5-14-7-15-17-10-23-24(29-13-28-23)11-18(17)16-8-21(26-3)22(27-4)9-19(16)20(15)12-25(14)6-2;1-2/h8-11,14H,5-7,12-13H2,1-4H3;1-2H. The number of likely N-dealkylation sites (N-methyl/N-ethyl adjacent to an activating group) is 1. The SMILES string of the molecule is CCC1Cc2c(c3cc(OC)c(OC)cc3c3cc4c(cc23)OCO4)CN1CC.SS. The van der Waals surface area contributed by atoms with Crippen molar-refractivity contribution in [3.63, 3.8) is 0 Å². The Labute approximate surface area is 193 Å². The van der Waals surface area contributed by atoms with E-state index in [0.29, 0.717) is 6.04 Å². The quantitative estimate of drug-likeness (QED) is 0.299. The van der Waals surface area contributed by atoms with Crippen LogP contribution in [-0.4, -0.2) is 38.5 Å². The van der Waals surface area contributed by atoms with E-state index in [1.54, 1.807) is 14.2 Å². The molecule has 0 aromatic heterocycles. The van der Waals surface area contributed by atoms with Crippen molar-refractivity contribution in [3.8, 4) is 23.0 Å². The highest BCUT2D eigenvalue weighted by Crippen LogP contribution is 2.46. The van der Waals surface area contributed by atoms with E-state index in [4.69, 9.17) is 18.9 Å². The van der Waals surface area contributed by atoms with Gasteiger partial charge in [-0.2, -0.15) is 0 Å². The largest absolute Gasteiger partial charge is 0.493 e. The second-order valence-corrected chi connectivity index (χ2v) is 7.79. The Morgan fingerprint density at radius 1 is 0.871 bits per heavy atom. The minimum Gasteiger partial charge on any atom is -0.493 e. The Hall–Kier alpha value is -1.96. The van der Waals surface area contributed by atoms with E-state index >= 15 is 0 Å². The Bertz CT molecular complexity index is 1120. The van der Waals surface area contributed by atoms with Gasteiger partial charge in [-0.1, -0.05) is 13.8 Å². The van der Waals surface area contributed by atoms with Crippen LogP contribution in [0.2, 0.25) is 0 Å². The van der Waals surface area contributed by atoms with Crippen molar-refractivity contribution in [2.45, 2.75) is 39.3 Å². The molecule has 5 rings (SSSR count). The molecule has 0 radical (unpaired) electrons. The van der Waals surface area contributed by atoms with Gasteiger partial charge in [-0.05, 0) is 76.3 Å². The van der Waals surface area contributed by atoms with Crippen LogP contribution in [0.3, 0.4) is 0 Å². The fourth-order valence-corrected chi connectivity index (χ4v) is 4.97. The van der Waals surface area contributed by atoms with Crippen molar-refractivity contribution in [1.82, 2.24) is 4.90 Å². The zero-order valence-corrected chi connectivity index (χ0v) is 20.2. The van der Waals surface area contributed by atoms with Crippen LogP contribution >= 0.6 is 23.3 Å². The Morgan fingerprint density at radius 2 is 1.42 bits per heavy atom. The normalized spacial score (nSPS) is 17.3. The van der Waals surface area contributed by atoms with E-state index in [0.717, 1.165) is 48.9 Å². The number of thiol groups is 2. The molecule has 0 spiro atoms. The van der Waals surface area contributed by atoms with Crippen LogP contribution in [0.5, 0.6) is 23.0 Å². The van der Waals surface area contributed by atoms with Crippen molar-refractivity contribution < 1.29 is 18.9 Å². The second kappa shape index (κ2) is 9.27. The van der Waals surface area contributed by atoms with Gasteiger partial charge in [0.15, 0.2) is 23.0 Å². The number of nitrogens with zero attached hydrogens (tertiary/aromatic N) is 1. The Morgan fingerprint density at radius 3 is 2.00 bits per heavy atom. The summed E-state index contributed by atoms with van der Waals surface area (Å²) in [5.41, 5.74) is 2.81. The third kappa shape index (κ3) is 3.66. The summed E-state index contributed by atoms with van der Waals surface area (Å²) in [6.07, 6.45) is 2.18. The molecule has 3 aromatic carbocycles. The minimum atomic E-state index is 0.282. The van der Waals surface area contributed by atoms with Crippen LogP contribution in [0, 0.1) is 0 Å². The monoisotopic (exact) mass is 459 g/mol. The summed E-state index contributed by atoms with van der Waals surface area (Å²) in [5, 5.41) is 4.85. The highest BCUT2D eigenvalue weighted by molar-refractivity contribution is 8.59. The Kier molecular flexibility index (Phi) is 6.65. The molecule has 0 amide bonds. The molecule has 2 aliphatic heterocycles. The van der Waals surface area contributed by atoms with Crippen molar-refractivity contribution in [3.05, 3.63) is 35.4 Å². The van der Waals surface area contributed by atoms with Gasteiger partial charge in [-0.15, -0.1) is 23.3 Å². The van der Waals surface area contributed by atoms with Gasteiger partial charge in [-0.25, -0.2) is 0 Å². The molecule has 0 bridgehead atoms. The van der Waals surface area contributed by atoms with Gasteiger partial charge in [0.25, 0.3) is 0 Å². The van der Waals surface area contributed by atoms with E-state index in [9.17, 15) is 0 Å². The maximum atomic E-state index is 5.71. The summed E-state index contributed by atoms with van der Waals surface area (Å²) < 4.78 is 22.6. The molecule has 0 fully saturated rings. The number of rotatable bonds is 4. The summed E-state index contributed by atoms with van der Waals surface area (Å²) in [6.45, 7) is 6.80. The molecular weight excluding hydrogens is 430 g/mol. The lowest BCUT2D eigenvalue weighted by Crippen LogP contribution is -2.39. The average molecular weight is 460 g/mol. The lowest BCUT2D eigenvalue weighted by Gasteiger charge is -2.37. The maximum Gasteiger partial charge on any atom is 0.231 e. The smallest absolute Gasteiger partial charge is 0.231 e. The molecule has 1 atom stereocenters. The van der Waals surface area contributed by atoms with Crippen molar-refractivity contribution in [2.75, 3.05) is 27.6 Å². The molecule has 0 aliphatic carbocycles. The van der Waals surface area contributed by atoms with Crippen LogP contribution in [0.4, 0.5) is 0 Å². The van der Waals surface area contributed by atoms with Gasteiger partial charge in [0.05, 0.1) is 14.2 Å². The van der Waals surface area contributed by atoms with Crippen LogP contribution in [0.1, 0.15) is 31.4 Å². The number of ether oxygens (including phenoxy) is 4. The van der Waals surface area contributed by atoms with Gasteiger partial charge < -0.3 is 18.9 Å². The van der Waals surface area contributed by atoms with Crippen LogP contribution in [0.25, 0.3) is 21.5 Å². The maximum absolute atomic E-state index is 5.71. The summed E-state index contributed by atoms with van der Waals surface area (Å²) in [7, 11) is 3.38. The highest BCUT2D eigenvalue weighted by atomic mass is 33.1. The molecule has 2 heterocycles. The topological polar surface area (TPSA) is 40.2 Å². The van der Waals surface area contributed by atoms with Gasteiger partial charge in [-0.3, -0.25) is 4.90 Å². The molecule has 2 aliphatic rings. The zero-order chi connectivity index (χ0) is 22.1. The predicted molar refractivity (Wildman–Crippen MR) is 133 cm³/mol. The van der Waals surface area contributed by atoms with Gasteiger partial charge in [0.1, 0.15) is 0 Å². The van der Waals surface area contributed by atoms with E-state index in [2.05, 4.69) is 66.3 Å². The van der Waals surface area contributed by atoms with Gasteiger partial charge in [0.2, 0.25) is 6.79 Å². The molecule has 0 N–H and O–H groups in total. The lowest BCUT2D eigenvalue weighted by molar-refractivity contribution is 0.174. The first kappa shape index (κ1) is 22.2. The lowest BCUT2D eigenvalue weighted by atomic mass is 9.84. The number of benzene rings is 3. The van der Waals surface area contributed by atoms with E-state index in [1.807, 2.05) is 0 Å². The first-order valence-electron chi connectivity index (χ1n) is 10.5. The van der Waals surface area contributed by atoms with Crippen molar-refractivity contribution in [1.29, 1.82) is 0 Å². The first-order chi connectivity index (χ1) is 15.2. The zero-order valence-electron chi connectivity index (χ0n) is 18.4. The van der Waals surface area contributed by atoms with Crippen LogP contribution < -0.4 is 18.9 Å². The van der Waals surface area contributed by atoms with Crippen molar-refractivity contribution in [2.24, 2.45) is 0 Å². The van der Waals surface area contributed by atoms with E-state index in [1.165, 1.54) is 32.7 Å². The van der Waals surface area contributed by atoms with E-state index < -0.39 is 0 Å². The first-order valence-corrected chi connectivity index (χ1v) is 12.1. The molecule has 3 aromatic rings. The van der Waals surface area contributed by atoms with Crippen molar-refractivity contribution >= 4 is 44.9 Å². The third-order valence-electron chi connectivity index (χ3n) is 6.54. The van der Waals surface area contributed by atoms with Gasteiger partial charge >= 0.3 is 0 Å². The molecule has 7 heteroatoms. The predicted octanol–water partition coefficient (Wildman–Crippen LogP) is 5.66. The van der Waals surface area contributed by atoms with Crippen LogP contribution in [-0.2, 0) is 13.0 Å². The number of fused-ring (bicyclic) bond motifs is 7. The third-order valence-corrected chi connectivity index (χ3v) is 6.54. The minimum absolute atomic E-state index is 0.282. The molecule has 0 saturated heterocycles. The summed E-state index contributed by atoms with van der Waals surface area (Å²) in [6, 6.07) is 9.08. The fourth-order valence-electron chi connectivity index (χ4n) is 4.97. The molecule has 1 unspecified atom stereocenters.